The van der Waals surface area contributed by atoms with Gasteiger partial charge in [-0.3, -0.25) is 14.2 Å². The van der Waals surface area contributed by atoms with Crippen LogP contribution in [0.3, 0.4) is 0 Å². The highest BCUT2D eigenvalue weighted by atomic mass is 35.5. The van der Waals surface area contributed by atoms with Gasteiger partial charge < -0.3 is 25.2 Å². The average Bonchev–Trinajstić information content (AvgIpc) is 4.02. The first kappa shape index (κ1) is 41.2. The number of nitrogens with one attached hydrogen (secondary N) is 1. The molecule has 2 atom stereocenters. The third-order valence-electron chi connectivity index (χ3n) is 8.11. The summed E-state index contributed by atoms with van der Waals surface area (Å²) in [5.41, 5.74) is 8.52. The van der Waals surface area contributed by atoms with E-state index in [1.807, 2.05) is 67.1 Å². The summed E-state index contributed by atoms with van der Waals surface area (Å²) in [6.07, 6.45) is 6.62. The van der Waals surface area contributed by atoms with Crippen molar-refractivity contribution in [1.82, 2.24) is 29.9 Å². The lowest BCUT2D eigenvalue weighted by molar-refractivity contribution is 0.0685. The van der Waals surface area contributed by atoms with E-state index in [0.717, 1.165) is 20.9 Å². The molecule has 2 unspecified atom stereocenters. The van der Waals surface area contributed by atoms with E-state index in [1.165, 1.54) is 28.7 Å². The lowest BCUT2D eigenvalue weighted by Gasteiger charge is -2.15. The molecule has 8 rings (SSSR count). The fraction of sp³-hybridized carbons (Fsp3) is 0.105. The molecule has 1 amide bonds. The van der Waals surface area contributed by atoms with Gasteiger partial charge in [0.1, 0.15) is 0 Å². The fourth-order valence-electron chi connectivity index (χ4n) is 5.29. The molecule has 8 aromatic rings. The molecule has 6 aromatic heterocycles. The molecule has 0 aliphatic heterocycles. The summed E-state index contributed by atoms with van der Waals surface area (Å²) in [6, 6.07) is 21.1. The van der Waals surface area contributed by atoms with E-state index in [0.29, 0.717) is 43.0 Å². The second-order valence-corrected chi connectivity index (χ2v) is 15.5. The van der Waals surface area contributed by atoms with Crippen LogP contribution < -0.4 is 11.1 Å². The van der Waals surface area contributed by atoms with Crippen LogP contribution in [-0.4, -0.2) is 46.9 Å². The predicted octanol–water partition coefficient (Wildman–Crippen LogP) is 11.3. The molecule has 13 nitrogen and oxygen atoms in total. The number of carboxylic acids is 1. The van der Waals surface area contributed by atoms with Gasteiger partial charge in [0.05, 0.1) is 45.6 Å². The zero-order valence-corrected chi connectivity index (χ0v) is 34.4. The number of nitrogen functional groups attached to an aromatic ring is 1. The van der Waals surface area contributed by atoms with Gasteiger partial charge in [-0.1, -0.05) is 81.0 Å². The van der Waals surface area contributed by atoms with Crippen LogP contribution in [0.1, 0.15) is 58.0 Å². The normalized spacial score (nSPS) is 11.8. The minimum atomic E-state index is -1.08. The summed E-state index contributed by atoms with van der Waals surface area (Å²) in [5.74, 6) is -0.411. The van der Waals surface area contributed by atoms with Crippen LogP contribution in [0.5, 0.6) is 0 Å². The van der Waals surface area contributed by atoms with Crippen molar-refractivity contribution in [2.24, 2.45) is 0 Å². The Hall–Kier alpha value is -5.42. The molecular weight excluding hydrogens is 854 g/mol. The topological polar surface area (TPSA) is 180 Å². The molecule has 0 radical (unpaired) electrons. The number of thiophene rings is 2. The molecule has 4 N–H and O–H groups in total. The van der Waals surface area contributed by atoms with Crippen LogP contribution in [0.25, 0.3) is 21.3 Å². The van der Waals surface area contributed by atoms with Crippen LogP contribution in [0.15, 0.2) is 117 Å². The van der Waals surface area contributed by atoms with E-state index in [2.05, 4.69) is 25.8 Å². The van der Waals surface area contributed by atoms with E-state index < -0.39 is 5.97 Å². The Kier molecular flexibility index (Phi) is 13.5. The molecular formula is C38H30Cl4N8O5S2. The highest BCUT2D eigenvalue weighted by molar-refractivity contribution is 7.13. The number of aromatic carboxylic acids is 1. The number of carbonyl (C=O) groups excluding carboxylic acids is 1. The molecule has 0 bridgehead atoms. The monoisotopic (exact) mass is 882 g/mol. The minimum Gasteiger partial charge on any atom is -0.476 e. The fourth-order valence-corrected chi connectivity index (χ4v) is 8.06. The number of nitrogens with zero attached hydrogens (tertiary/aromatic N) is 6. The van der Waals surface area contributed by atoms with Gasteiger partial charge in [0.25, 0.3) is 5.91 Å². The molecule has 292 valence electrons. The number of nitrogens with two attached hydrogens (primary N) is 1. The average molecular weight is 885 g/mol. The van der Waals surface area contributed by atoms with Gasteiger partial charge in [0.2, 0.25) is 0 Å². The van der Waals surface area contributed by atoms with Gasteiger partial charge in [-0.05, 0) is 61.0 Å². The molecule has 0 saturated carbocycles. The van der Waals surface area contributed by atoms with Crippen molar-refractivity contribution in [3.05, 3.63) is 151 Å². The number of hydrogen-bond acceptors (Lipinski definition) is 11. The van der Waals surface area contributed by atoms with Crippen molar-refractivity contribution in [3.63, 3.8) is 0 Å². The van der Waals surface area contributed by atoms with Crippen LogP contribution in [-0.2, 0) is 0 Å². The van der Waals surface area contributed by atoms with Gasteiger partial charge in [0, 0.05) is 55.7 Å². The zero-order chi connectivity index (χ0) is 40.6. The molecule has 2 aromatic carbocycles. The molecule has 19 heteroatoms. The molecule has 57 heavy (non-hydrogen) atoms. The maximum absolute atomic E-state index is 12.4. The number of amides is 1. The Balaban J connectivity index is 0.000000160. The number of rotatable bonds is 9. The SMILES string of the molecule is CC(c1c(Cl)cccc1Cl)n1cc(N)cn1.CC(c1c(Cl)cccc1Cl)n1cc(NC(=O)c2cc(-c3cccs3)on2)cn1.O=C(O)c1cc(-c2cccs2)on1. The largest absolute Gasteiger partial charge is 0.476 e. The first-order valence-corrected chi connectivity index (χ1v) is 19.9. The third-order valence-corrected chi connectivity index (χ3v) is 11.2. The Morgan fingerprint density at radius 1 is 0.719 bits per heavy atom. The first-order valence-electron chi connectivity index (χ1n) is 16.7. The number of carbonyl (C=O) groups is 2. The molecule has 0 aliphatic rings. The van der Waals surface area contributed by atoms with E-state index in [1.54, 1.807) is 58.4 Å². The van der Waals surface area contributed by atoms with E-state index in [9.17, 15) is 9.59 Å². The van der Waals surface area contributed by atoms with Gasteiger partial charge in [-0.2, -0.15) is 10.2 Å². The van der Waals surface area contributed by atoms with E-state index in [4.69, 9.17) is 66.3 Å². The minimum absolute atomic E-state index is 0.0431. The van der Waals surface area contributed by atoms with E-state index in [-0.39, 0.29) is 29.4 Å². The van der Waals surface area contributed by atoms with Gasteiger partial charge in [-0.25, -0.2) is 4.79 Å². The number of hydrogen-bond donors (Lipinski definition) is 3. The van der Waals surface area contributed by atoms with Crippen LogP contribution >= 0.6 is 69.1 Å². The number of carboxylic acid groups (broad SMARTS) is 1. The Morgan fingerprint density at radius 3 is 1.63 bits per heavy atom. The van der Waals surface area contributed by atoms with Crippen LogP contribution in [0.2, 0.25) is 20.1 Å². The first-order chi connectivity index (χ1) is 27.4. The third kappa shape index (κ3) is 10.1. The second kappa shape index (κ2) is 18.7. The quantitative estimate of drug-likeness (QED) is 0.126. The molecule has 0 saturated heterocycles. The summed E-state index contributed by atoms with van der Waals surface area (Å²) in [5, 5.41) is 33.2. The maximum atomic E-state index is 12.4. The second-order valence-electron chi connectivity index (χ2n) is 12.0. The maximum Gasteiger partial charge on any atom is 0.358 e. The van der Waals surface area contributed by atoms with E-state index >= 15 is 0 Å². The highest BCUT2D eigenvalue weighted by Crippen LogP contribution is 2.34. The molecule has 0 spiro atoms. The van der Waals surface area contributed by atoms with Crippen LogP contribution in [0, 0.1) is 0 Å². The number of anilines is 2. The van der Waals surface area contributed by atoms with Crippen molar-refractivity contribution in [2.45, 2.75) is 25.9 Å². The van der Waals surface area contributed by atoms with Gasteiger partial charge in [-0.15, -0.1) is 22.7 Å². The van der Waals surface area contributed by atoms with Crippen molar-refractivity contribution in [1.29, 1.82) is 0 Å². The predicted molar refractivity (Wildman–Crippen MR) is 224 cm³/mol. The van der Waals surface area contributed by atoms with Crippen molar-refractivity contribution < 1.29 is 23.7 Å². The van der Waals surface area contributed by atoms with Gasteiger partial charge >= 0.3 is 5.97 Å². The lowest BCUT2D eigenvalue weighted by Crippen LogP contribution is -2.12. The van der Waals surface area contributed by atoms with Crippen molar-refractivity contribution in [2.75, 3.05) is 11.1 Å². The van der Waals surface area contributed by atoms with Crippen LogP contribution in [0.4, 0.5) is 11.4 Å². The Bertz CT molecular complexity index is 2540. The zero-order valence-electron chi connectivity index (χ0n) is 29.7. The number of aromatic nitrogens is 6. The summed E-state index contributed by atoms with van der Waals surface area (Å²) in [4.78, 5) is 24.7. The summed E-state index contributed by atoms with van der Waals surface area (Å²) in [7, 11) is 0. The summed E-state index contributed by atoms with van der Waals surface area (Å²) >= 11 is 27.8. The Morgan fingerprint density at radius 2 is 1.19 bits per heavy atom. The van der Waals surface area contributed by atoms with Crippen molar-refractivity contribution in [3.8, 4) is 21.3 Å². The van der Waals surface area contributed by atoms with Crippen molar-refractivity contribution >= 4 is 92.3 Å². The highest BCUT2D eigenvalue weighted by Gasteiger charge is 2.19. The summed E-state index contributed by atoms with van der Waals surface area (Å²) in [6.45, 7) is 3.90. The standard InChI is InChI=1S/C19H14Cl2N4O2S.C11H11Cl2N3.C8H5NO3S/c1-11(18-13(20)4-2-5-14(18)21)25-10-12(9-22-25)23-19(26)15-8-16(27-24-15)17-6-3-7-28-17;1-7(16-6-8(14)5-15-16)11-9(12)3-2-4-10(11)13;10-8(11)5-4-6(12-9-5)7-2-1-3-13-7/h2-11H,1H3,(H,23,26);2-7H,14H2,1H3;1-4H,(H,10,11). The number of benzene rings is 2. The number of halogens is 4. The smallest absolute Gasteiger partial charge is 0.358 e. The molecule has 6 heterocycles. The summed E-state index contributed by atoms with van der Waals surface area (Å²) < 4.78 is 13.5. The Labute approximate surface area is 353 Å². The van der Waals surface area contributed by atoms with Gasteiger partial charge in [0.15, 0.2) is 22.9 Å². The molecule has 0 aliphatic carbocycles. The lowest BCUT2D eigenvalue weighted by atomic mass is 10.1. The molecule has 0 fully saturated rings.